The van der Waals surface area contributed by atoms with E-state index >= 15 is 0 Å². The van der Waals surface area contributed by atoms with Gasteiger partial charge in [0.25, 0.3) is 5.91 Å². The molecule has 0 radical (unpaired) electrons. The van der Waals surface area contributed by atoms with Gasteiger partial charge in [-0.05, 0) is 25.0 Å². The Kier molecular flexibility index (Phi) is 8.67. The Bertz CT molecular complexity index is 660. The molecule has 6 heteroatoms. The second-order valence-corrected chi connectivity index (χ2v) is 7.25. The van der Waals surface area contributed by atoms with Gasteiger partial charge in [-0.3, -0.25) is 4.79 Å². The number of aliphatic hydroxyl groups is 2. The molecule has 0 aromatic heterocycles. The van der Waals surface area contributed by atoms with Gasteiger partial charge in [0.05, 0.1) is 6.61 Å². The molecule has 0 spiro atoms. The van der Waals surface area contributed by atoms with Gasteiger partial charge in [0.2, 0.25) is 0 Å². The zero-order chi connectivity index (χ0) is 20.4. The van der Waals surface area contributed by atoms with Crippen LogP contribution in [-0.4, -0.2) is 46.4 Å². The lowest BCUT2D eigenvalue weighted by molar-refractivity contribution is -0.147. The second-order valence-electron chi connectivity index (χ2n) is 7.25. The fourth-order valence-electron chi connectivity index (χ4n) is 3.32. The first-order valence-electron chi connectivity index (χ1n) is 10.1. The molecule has 1 amide bonds. The highest BCUT2D eigenvalue weighted by molar-refractivity contribution is 5.99. The molecular formula is C22H31NO5. The Balaban J connectivity index is 1.91. The topological polar surface area (TPSA) is 95.9 Å². The maximum Gasteiger partial charge on any atom is 0.337 e. The van der Waals surface area contributed by atoms with Crippen LogP contribution in [0.2, 0.25) is 0 Å². The molecule has 1 aliphatic rings. The van der Waals surface area contributed by atoms with E-state index in [2.05, 4.69) is 12.2 Å². The number of benzene rings is 1. The van der Waals surface area contributed by atoms with Gasteiger partial charge in [0.15, 0.2) is 5.54 Å². The maximum atomic E-state index is 12.4. The molecule has 28 heavy (non-hydrogen) atoms. The summed E-state index contributed by atoms with van der Waals surface area (Å²) in [7, 11) is 0. The van der Waals surface area contributed by atoms with Gasteiger partial charge in [-0.15, -0.1) is 0 Å². The molecule has 0 saturated carbocycles. The molecule has 1 aromatic carbocycles. The van der Waals surface area contributed by atoms with Crippen LogP contribution < -0.4 is 5.32 Å². The van der Waals surface area contributed by atoms with Crippen LogP contribution in [0.3, 0.4) is 0 Å². The smallest absolute Gasteiger partial charge is 0.337 e. The highest BCUT2D eigenvalue weighted by Crippen LogP contribution is 2.29. The van der Waals surface area contributed by atoms with E-state index in [1.165, 1.54) is 25.7 Å². The molecule has 6 nitrogen and oxygen atoms in total. The number of aliphatic hydroxyl groups excluding tert-OH is 2. The number of cyclic esters (lactones) is 1. The number of carbonyl (C=O) groups is 2. The summed E-state index contributed by atoms with van der Waals surface area (Å²) in [6.07, 6.45) is 9.07. The standard InChI is InChI=1S/C22H31NO5/c1-2-3-4-5-6-7-8-12-15-18-19(25)22(16-24,21(27)28-18)23-20(26)17-13-10-9-11-14-17/h8-14,18-19,24-25H,2-7,15-16H2,1H3,(H,23,26)/b12-8+/t18-,19+,22+/m1/s1. The van der Waals surface area contributed by atoms with E-state index in [1.807, 2.05) is 12.2 Å². The van der Waals surface area contributed by atoms with E-state index in [0.29, 0.717) is 12.0 Å². The zero-order valence-electron chi connectivity index (χ0n) is 16.5. The summed E-state index contributed by atoms with van der Waals surface area (Å²) in [6.45, 7) is 1.45. The Morgan fingerprint density at radius 1 is 1.18 bits per heavy atom. The van der Waals surface area contributed by atoms with Crippen molar-refractivity contribution in [1.82, 2.24) is 5.32 Å². The molecule has 1 heterocycles. The Morgan fingerprint density at radius 2 is 1.89 bits per heavy atom. The normalized spacial score (nSPS) is 24.5. The van der Waals surface area contributed by atoms with Gasteiger partial charge in [-0.2, -0.15) is 0 Å². The zero-order valence-corrected chi connectivity index (χ0v) is 16.5. The summed E-state index contributed by atoms with van der Waals surface area (Å²) in [5.41, 5.74) is -1.51. The van der Waals surface area contributed by atoms with Gasteiger partial charge in [-0.1, -0.05) is 63.0 Å². The molecule has 0 unspecified atom stereocenters. The predicted molar refractivity (Wildman–Crippen MR) is 107 cm³/mol. The highest BCUT2D eigenvalue weighted by atomic mass is 16.6. The molecule has 1 aliphatic heterocycles. The van der Waals surface area contributed by atoms with Crippen molar-refractivity contribution >= 4 is 11.9 Å². The van der Waals surface area contributed by atoms with E-state index in [4.69, 9.17) is 4.74 Å². The van der Waals surface area contributed by atoms with E-state index in [-0.39, 0.29) is 0 Å². The largest absolute Gasteiger partial charge is 0.457 e. The number of ether oxygens (including phenoxy) is 1. The second kappa shape index (κ2) is 11.0. The molecule has 1 fully saturated rings. The summed E-state index contributed by atoms with van der Waals surface area (Å²) in [5.74, 6) is -1.36. The number of hydrogen-bond donors (Lipinski definition) is 3. The van der Waals surface area contributed by atoms with Crippen LogP contribution in [0.5, 0.6) is 0 Å². The van der Waals surface area contributed by atoms with Crippen LogP contribution in [0.25, 0.3) is 0 Å². The van der Waals surface area contributed by atoms with Crippen LogP contribution in [-0.2, 0) is 9.53 Å². The molecule has 1 aromatic rings. The van der Waals surface area contributed by atoms with Crippen molar-refractivity contribution in [2.45, 2.75) is 69.6 Å². The average molecular weight is 389 g/mol. The lowest BCUT2D eigenvalue weighted by atomic mass is 9.90. The van der Waals surface area contributed by atoms with Crippen molar-refractivity contribution < 1.29 is 24.5 Å². The van der Waals surface area contributed by atoms with E-state index in [0.717, 1.165) is 12.8 Å². The highest BCUT2D eigenvalue weighted by Gasteiger charge is 2.57. The first-order chi connectivity index (χ1) is 13.5. The van der Waals surface area contributed by atoms with E-state index in [1.54, 1.807) is 30.3 Å². The molecule has 0 aliphatic carbocycles. The first kappa shape index (κ1) is 22.1. The summed E-state index contributed by atoms with van der Waals surface area (Å²) in [6, 6.07) is 8.34. The van der Waals surface area contributed by atoms with Gasteiger partial charge in [0, 0.05) is 12.0 Å². The lowest BCUT2D eigenvalue weighted by Crippen LogP contribution is -2.62. The van der Waals surface area contributed by atoms with Crippen molar-refractivity contribution in [3.8, 4) is 0 Å². The summed E-state index contributed by atoms with van der Waals surface area (Å²) in [4.78, 5) is 24.8. The van der Waals surface area contributed by atoms with Crippen LogP contribution in [0.4, 0.5) is 0 Å². The van der Waals surface area contributed by atoms with Crippen molar-refractivity contribution in [2.75, 3.05) is 6.61 Å². The van der Waals surface area contributed by atoms with Crippen molar-refractivity contribution in [2.24, 2.45) is 0 Å². The molecule has 2 rings (SSSR count). The first-order valence-corrected chi connectivity index (χ1v) is 10.1. The molecule has 3 N–H and O–H groups in total. The fourth-order valence-corrected chi connectivity index (χ4v) is 3.32. The predicted octanol–water partition coefficient (Wildman–Crippen LogP) is 2.74. The number of hydrogen-bond acceptors (Lipinski definition) is 5. The van der Waals surface area contributed by atoms with Gasteiger partial charge < -0.3 is 20.3 Å². The molecular weight excluding hydrogens is 358 g/mol. The minimum Gasteiger partial charge on any atom is -0.457 e. The summed E-state index contributed by atoms with van der Waals surface area (Å²) >= 11 is 0. The Hall–Kier alpha value is -2.18. The molecule has 0 bridgehead atoms. The number of rotatable bonds is 11. The van der Waals surface area contributed by atoms with Gasteiger partial charge in [0.1, 0.15) is 12.2 Å². The van der Waals surface area contributed by atoms with Crippen molar-refractivity contribution in [1.29, 1.82) is 0 Å². The molecule has 1 saturated heterocycles. The number of esters is 1. The van der Waals surface area contributed by atoms with E-state index < -0.39 is 36.2 Å². The van der Waals surface area contributed by atoms with Crippen LogP contribution >= 0.6 is 0 Å². The monoisotopic (exact) mass is 389 g/mol. The third-order valence-electron chi connectivity index (χ3n) is 5.11. The van der Waals surface area contributed by atoms with Crippen LogP contribution in [0.1, 0.15) is 62.2 Å². The molecule has 154 valence electrons. The van der Waals surface area contributed by atoms with E-state index in [9.17, 15) is 19.8 Å². The number of nitrogens with one attached hydrogen (secondary N) is 1. The van der Waals surface area contributed by atoms with Crippen molar-refractivity contribution in [3.05, 3.63) is 48.0 Å². The summed E-state index contributed by atoms with van der Waals surface area (Å²) < 4.78 is 5.26. The SMILES string of the molecule is CCCCCCC/C=C/C[C@H]1OC(=O)[C@@](CO)(NC(=O)c2ccccc2)[C@H]1O. The quantitative estimate of drug-likeness (QED) is 0.307. The maximum absolute atomic E-state index is 12.4. The third kappa shape index (κ3) is 5.42. The lowest BCUT2D eigenvalue weighted by Gasteiger charge is -2.28. The van der Waals surface area contributed by atoms with Gasteiger partial charge in [-0.25, -0.2) is 4.79 Å². The van der Waals surface area contributed by atoms with Gasteiger partial charge >= 0.3 is 5.97 Å². The Morgan fingerprint density at radius 3 is 2.57 bits per heavy atom. The summed E-state index contributed by atoms with van der Waals surface area (Å²) in [5, 5.41) is 22.9. The number of amides is 1. The number of carbonyl (C=O) groups excluding carboxylic acids is 2. The number of unbranched alkanes of at least 4 members (excludes halogenated alkanes) is 5. The third-order valence-corrected chi connectivity index (χ3v) is 5.11. The van der Waals surface area contributed by atoms with Crippen LogP contribution in [0, 0.1) is 0 Å². The molecule has 3 atom stereocenters. The average Bonchev–Trinajstić information content (AvgIpc) is 2.95. The Labute approximate surface area is 166 Å². The number of allylic oxidation sites excluding steroid dienone is 1. The minimum absolute atomic E-state index is 0.335. The van der Waals surface area contributed by atoms with Crippen LogP contribution in [0.15, 0.2) is 42.5 Å². The van der Waals surface area contributed by atoms with Crippen molar-refractivity contribution in [3.63, 3.8) is 0 Å². The fraction of sp³-hybridized carbons (Fsp3) is 0.545. The minimum atomic E-state index is -1.84.